The van der Waals surface area contributed by atoms with Gasteiger partial charge in [-0.25, -0.2) is 9.98 Å². The summed E-state index contributed by atoms with van der Waals surface area (Å²) in [5, 5.41) is 0. The van der Waals surface area contributed by atoms with Crippen molar-refractivity contribution in [3.63, 3.8) is 0 Å². The van der Waals surface area contributed by atoms with Crippen molar-refractivity contribution in [2.45, 2.75) is 6.92 Å². The third-order valence-corrected chi connectivity index (χ3v) is 4.76. The first-order chi connectivity index (χ1) is 13.0. The summed E-state index contributed by atoms with van der Waals surface area (Å²) in [7, 11) is 5.59. The quantitative estimate of drug-likeness (QED) is 0.841. The second kappa shape index (κ2) is 6.59. The molecule has 2 aromatic carbocycles. The number of fused-ring (bicyclic) bond motifs is 3. The topological polar surface area (TPSA) is 54.3 Å². The standard InChI is InChI=1S/C22H21N3O2/c1-13-11-14(27-4)9-10-15(13)19-21-20(23-18(24-21)12-25(2)3)16-7-5-6-8-17(16)22(19)26/h5-11H,12H2,1-4H3. The third kappa shape index (κ3) is 2.90. The molecule has 0 N–H and O–H groups in total. The van der Waals surface area contributed by atoms with Crippen LogP contribution in [0.1, 0.15) is 27.0 Å². The van der Waals surface area contributed by atoms with Crippen molar-refractivity contribution >= 4 is 22.9 Å². The minimum atomic E-state index is -0.0114. The first-order valence-corrected chi connectivity index (χ1v) is 8.84. The molecule has 0 aromatic heterocycles. The molecule has 1 heterocycles. The maximum Gasteiger partial charge on any atom is 0.196 e. The van der Waals surface area contributed by atoms with Gasteiger partial charge in [-0.15, -0.1) is 0 Å². The Balaban J connectivity index is 1.95. The summed E-state index contributed by atoms with van der Waals surface area (Å²) >= 11 is 0. The van der Waals surface area contributed by atoms with Crippen molar-refractivity contribution < 1.29 is 9.53 Å². The van der Waals surface area contributed by atoms with Gasteiger partial charge in [-0.05, 0) is 44.3 Å². The Morgan fingerprint density at radius 1 is 1.00 bits per heavy atom. The van der Waals surface area contributed by atoms with E-state index in [0.29, 0.717) is 23.4 Å². The van der Waals surface area contributed by atoms with Crippen LogP contribution in [0.5, 0.6) is 5.75 Å². The van der Waals surface area contributed by atoms with Crippen LogP contribution in [0.15, 0.2) is 58.1 Å². The van der Waals surface area contributed by atoms with Crippen LogP contribution < -0.4 is 4.74 Å². The highest BCUT2D eigenvalue weighted by molar-refractivity contribution is 6.43. The van der Waals surface area contributed by atoms with E-state index >= 15 is 0 Å². The molecule has 136 valence electrons. The Morgan fingerprint density at radius 2 is 1.74 bits per heavy atom. The van der Waals surface area contributed by atoms with Gasteiger partial charge in [0.25, 0.3) is 0 Å². The van der Waals surface area contributed by atoms with Gasteiger partial charge in [-0.1, -0.05) is 30.3 Å². The van der Waals surface area contributed by atoms with E-state index in [2.05, 4.69) is 0 Å². The Hall–Kier alpha value is -3.05. The Labute approximate surface area is 158 Å². The fraction of sp³-hybridized carbons (Fsp3) is 0.227. The molecule has 0 amide bonds. The van der Waals surface area contributed by atoms with Crippen LogP contribution in [0.25, 0.3) is 5.57 Å². The zero-order valence-electron chi connectivity index (χ0n) is 15.9. The number of methoxy groups -OCH3 is 1. The number of hydrogen-bond donors (Lipinski definition) is 0. The number of carbonyl (C=O) groups is 1. The molecule has 5 heteroatoms. The molecule has 0 spiro atoms. The first-order valence-electron chi connectivity index (χ1n) is 8.84. The van der Waals surface area contributed by atoms with Crippen molar-refractivity contribution in [2.24, 2.45) is 9.98 Å². The summed E-state index contributed by atoms with van der Waals surface area (Å²) in [6.07, 6.45) is 0. The highest BCUT2D eigenvalue weighted by Gasteiger charge is 2.35. The number of hydrogen-bond acceptors (Lipinski definition) is 5. The molecule has 0 unspecified atom stereocenters. The number of likely N-dealkylation sites (N-methyl/N-ethyl adjacent to an activating group) is 1. The van der Waals surface area contributed by atoms with Gasteiger partial charge in [0, 0.05) is 11.1 Å². The lowest BCUT2D eigenvalue weighted by atomic mass is 9.82. The van der Waals surface area contributed by atoms with Crippen LogP contribution >= 0.6 is 0 Å². The van der Waals surface area contributed by atoms with E-state index in [4.69, 9.17) is 14.7 Å². The molecule has 1 aliphatic carbocycles. The number of carbonyl (C=O) groups excluding carboxylic acids is 1. The number of Topliss-reactive ketones (excluding diaryl/α,β-unsaturated/α-hetero) is 1. The smallest absolute Gasteiger partial charge is 0.196 e. The number of amidine groups is 1. The second-order valence-corrected chi connectivity index (χ2v) is 7.01. The number of aryl methyl sites for hydroxylation is 1. The van der Waals surface area contributed by atoms with Gasteiger partial charge in [0.15, 0.2) is 5.78 Å². The van der Waals surface area contributed by atoms with Gasteiger partial charge in [0.2, 0.25) is 0 Å². The van der Waals surface area contributed by atoms with Gasteiger partial charge in [-0.3, -0.25) is 4.79 Å². The van der Waals surface area contributed by atoms with E-state index in [1.165, 1.54) is 0 Å². The lowest BCUT2D eigenvalue weighted by molar-refractivity contribution is 0.105. The molecule has 0 fully saturated rings. The molecule has 2 aliphatic rings. The molecular formula is C22H21N3O2. The van der Waals surface area contributed by atoms with E-state index < -0.39 is 0 Å². The maximum absolute atomic E-state index is 13.4. The van der Waals surface area contributed by atoms with E-state index in [0.717, 1.165) is 34.0 Å². The van der Waals surface area contributed by atoms with Gasteiger partial charge in [-0.2, -0.15) is 0 Å². The van der Waals surface area contributed by atoms with Crippen LogP contribution in [0.4, 0.5) is 0 Å². The van der Waals surface area contributed by atoms with Crippen molar-refractivity contribution in [1.82, 2.24) is 4.90 Å². The number of nitrogens with zero attached hydrogens (tertiary/aromatic N) is 3. The second-order valence-electron chi connectivity index (χ2n) is 7.01. The number of ether oxygens (including phenoxy) is 1. The number of aliphatic imine (C=N–C) groups is 2. The lowest BCUT2D eigenvalue weighted by Crippen LogP contribution is -2.20. The molecule has 0 atom stereocenters. The van der Waals surface area contributed by atoms with Crippen LogP contribution in [0.2, 0.25) is 0 Å². The zero-order valence-corrected chi connectivity index (χ0v) is 15.9. The minimum Gasteiger partial charge on any atom is -0.497 e. The fourth-order valence-corrected chi connectivity index (χ4v) is 3.53. The molecule has 0 saturated carbocycles. The molecular weight excluding hydrogens is 338 g/mol. The van der Waals surface area contributed by atoms with E-state index in [-0.39, 0.29) is 5.78 Å². The summed E-state index contributed by atoms with van der Waals surface area (Å²) in [5.74, 6) is 1.48. The van der Waals surface area contributed by atoms with E-state index in [1.54, 1.807) is 7.11 Å². The van der Waals surface area contributed by atoms with Crippen molar-refractivity contribution in [3.05, 3.63) is 70.4 Å². The molecule has 2 aromatic rings. The van der Waals surface area contributed by atoms with Crippen LogP contribution in [-0.2, 0) is 0 Å². The Morgan fingerprint density at radius 3 is 2.41 bits per heavy atom. The number of benzene rings is 2. The molecule has 0 saturated heterocycles. The van der Waals surface area contributed by atoms with E-state index in [1.807, 2.05) is 68.4 Å². The first kappa shape index (κ1) is 17.4. The molecule has 5 nitrogen and oxygen atoms in total. The third-order valence-electron chi connectivity index (χ3n) is 4.76. The van der Waals surface area contributed by atoms with Crippen molar-refractivity contribution in [3.8, 4) is 5.75 Å². The zero-order chi connectivity index (χ0) is 19.1. The summed E-state index contributed by atoms with van der Waals surface area (Å²) in [6, 6.07) is 13.4. The monoisotopic (exact) mass is 359 g/mol. The lowest BCUT2D eigenvalue weighted by Gasteiger charge is -2.20. The predicted molar refractivity (Wildman–Crippen MR) is 108 cm³/mol. The fourth-order valence-electron chi connectivity index (χ4n) is 3.53. The molecule has 0 radical (unpaired) electrons. The number of rotatable bonds is 4. The van der Waals surface area contributed by atoms with Gasteiger partial charge < -0.3 is 9.64 Å². The van der Waals surface area contributed by atoms with Gasteiger partial charge in [0.05, 0.1) is 24.9 Å². The Bertz CT molecular complexity index is 1050. The van der Waals surface area contributed by atoms with Crippen LogP contribution in [0, 0.1) is 6.92 Å². The molecule has 27 heavy (non-hydrogen) atoms. The highest BCUT2D eigenvalue weighted by Crippen LogP contribution is 2.37. The normalized spacial score (nSPS) is 15.5. The SMILES string of the molecule is COc1ccc(C2=C3N=C(CN(C)C)N=C3c3ccccc3C2=O)c(C)c1. The highest BCUT2D eigenvalue weighted by atomic mass is 16.5. The summed E-state index contributed by atoms with van der Waals surface area (Å²) in [4.78, 5) is 24.9. The van der Waals surface area contributed by atoms with Crippen molar-refractivity contribution in [2.75, 3.05) is 27.7 Å². The average molecular weight is 359 g/mol. The number of ketones is 1. The molecule has 4 rings (SSSR count). The molecule has 0 bridgehead atoms. The Kier molecular flexibility index (Phi) is 4.24. The predicted octanol–water partition coefficient (Wildman–Crippen LogP) is 3.37. The number of allylic oxidation sites excluding steroid dienone is 2. The average Bonchev–Trinajstić information content (AvgIpc) is 3.05. The van der Waals surface area contributed by atoms with Crippen LogP contribution in [-0.4, -0.2) is 50.0 Å². The van der Waals surface area contributed by atoms with Crippen LogP contribution in [0.3, 0.4) is 0 Å². The maximum atomic E-state index is 13.4. The van der Waals surface area contributed by atoms with Gasteiger partial charge in [0.1, 0.15) is 17.3 Å². The summed E-state index contributed by atoms with van der Waals surface area (Å²) in [5.41, 5.74) is 5.43. The summed E-state index contributed by atoms with van der Waals surface area (Å²) in [6.45, 7) is 2.60. The minimum absolute atomic E-state index is 0.0114. The summed E-state index contributed by atoms with van der Waals surface area (Å²) < 4.78 is 5.31. The van der Waals surface area contributed by atoms with Crippen molar-refractivity contribution in [1.29, 1.82) is 0 Å². The molecule has 1 aliphatic heterocycles. The largest absolute Gasteiger partial charge is 0.497 e. The van der Waals surface area contributed by atoms with E-state index in [9.17, 15) is 4.79 Å². The van der Waals surface area contributed by atoms with Gasteiger partial charge >= 0.3 is 0 Å².